The van der Waals surface area contributed by atoms with Crippen LogP contribution in [0, 0.1) is 5.82 Å². The number of halogens is 1. The molecule has 2 aromatic rings. The predicted molar refractivity (Wildman–Crippen MR) is 75.7 cm³/mol. The maximum absolute atomic E-state index is 13.9. The van der Waals surface area contributed by atoms with Crippen LogP contribution in [0.15, 0.2) is 52.2 Å². The normalized spacial score (nSPS) is 18.9. The highest BCUT2D eigenvalue weighted by molar-refractivity contribution is 7.88. The summed E-state index contributed by atoms with van der Waals surface area (Å²) in [5.41, 5.74) is 0.695. The highest BCUT2D eigenvalue weighted by atomic mass is 32.2. The minimum atomic E-state index is -3.57. The Balaban J connectivity index is 2.04. The van der Waals surface area contributed by atoms with E-state index in [9.17, 15) is 12.8 Å². The molecule has 0 amide bonds. The van der Waals surface area contributed by atoms with Gasteiger partial charge in [0.05, 0.1) is 18.2 Å². The van der Waals surface area contributed by atoms with Gasteiger partial charge in [0.25, 0.3) is 0 Å². The van der Waals surface area contributed by atoms with Gasteiger partial charge in [-0.1, -0.05) is 18.2 Å². The summed E-state index contributed by atoms with van der Waals surface area (Å²) in [6.45, 7) is 0. The zero-order chi connectivity index (χ0) is 15.0. The van der Waals surface area contributed by atoms with Gasteiger partial charge in [-0.05, 0) is 18.2 Å². The molecule has 21 heavy (non-hydrogen) atoms. The van der Waals surface area contributed by atoms with E-state index in [1.54, 1.807) is 30.3 Å². The zero-order valence-corrected chi connectivity index (χ0v) is 12.0. The second kappa shape index (κ2) is 5.00. The molecule has 0 N–H and O–H groups in total. The van der Waals surface area contributed by atoms with Gasteiger partial charge < -0.3 is 4.42 Å². The van der Waals surface area contributed by atoms with E-state index in [1.165, 1.54) is 12.3 Å². The van der Waals surface area contributed by atoms with Crippen LogP contribution in [0.4, 0.5) is 4.39 Å². The fraction of sp³-hybridized carbons (Fsp3) is 0.214. The average Bonchev–Trinajstić information content (AvgIpc) is 3.07. The zero-order valence-electron chi connectivity index (χ0n) is 11.2. The summed E-state index contributed by atoms with van der Waals surface area (Å²) in [6, 6.07) is 8.95. The van der Waals surface area contributed by atoms with Crippen molar-refractivity contribution >= 4 is 15.7 Å². The number of hydrogen-bond acceptors (Lipinski definition) is 4. The maximum atomic E-state index is 13.9. The molecule has 1 aliphatic rings. The first kappa shape index (κ1) is 13.8. The van der Waals surface area contributed by atoms with E-state index in [4.69, 9.17) is 4.42 Å². The van der Waals surface area contributed by atoms with Gasteiger partial charge in [-0.2, -0.15) is 9.52 Å². The lowest BCUT2D eigenvalue weighted by Gasteiger charge is -2.18. The molecule has 0 aliphatic carbocycles. The van der Waals surface area contributed by atoms with Crippen LogP contribution < -0.4 is 0 Å². The van der Waals surface area contributed by atoms with Crippen LogP contribution >= 0.6 is 0 Å². The third-order valence-corrected chi connectivity index (χ3v) is 4.28. The van der Waals surface area contributed by atoms with Gasteiger partial charge in [0, 0.05) is 12.0 Å². The predicted octanol–water partition coefficient (Wildman–Crippen LogP) is 2.53. The van der Waals surface area contributed by atoms with Gasteiger partial charge in [0.2, 0.25) is 10.0 Å². The van der Waals surface area contributed by atoms with E-state index >= 15 is 0 Å². The molecule has 0 radical (unpaired) electrons. The third-order valence-electron chi connectivity index (χ3n) is 3.27. The molecule has 1 aromatic carbocycles. The fourth-order valence-electron chi connectivity index (χ4n) is 2.35. The van der Waals surface area contributed by atoms with E-state index in [1.807, 2.05) is 0 Å². The van der Waals surface area contributed by atoms with Crippen molar-refractivity contribution in [2.75, 3.05) is 6.26 Å². The van der Waals surface area contributed by atoms with Gasteiger partial charge in [-0.15, -0.1) is 0 Å². The second-order valence-electron chi connectivity index (χ2n) is 4.80. The van der Waals surface area contributed by atoms with Crippen molar-refractivity contribution < 1.29 is 17.2 Å². The van der Waals surface area contributed by atoms with Gasteiger partial charge in [-0.3, -0.25) is 0 Å². The summed E-state index contributed by atoms with van der Waals surface area (Å²) < 4.78 is 43.9. The molecule has 2 heterocycles. The van der Waals surface area contributed by atoms with Gasteiger partial charge in [-0.25, -0.2) is 12.8 Å². The molecular weight excluding hydrogens is 295 g/mol. The summed E-state index contributed by atoms with van der Waals surface area (Å²) in [5.74, 6) is 0.0558. The fourth-order valence-corrected chi connectivity index (χ4v) is 3.23. The Bertz CT molecular complexity index is 784. The molecule has 0 fully saturated rings. The Morgan fingerprint density at radius 2 is 2.05 bits per heavy atom. The van der Waals surface area contributed by atoms with E-state index in [2.05, 4.69) is 5.10 Å². The Kier molecular flexibility index (Phi) is 3.29. The van der Waals surface area contributed by atoms with Gasteiger partial charge >= 0.3 is 0 Å². The number of rotatable bonds is 3. The first-order chi connectivity index (χ1) is 9.97. The maximum Gasteiger partial charge on any atom is 0.247 e. The second-order valence-corrected chi connectivity index (χ2v) is 6.64. The topological polar surface area (TPSA) is 62.9 Å². The van der Waals surface area contributed by atoms with Crippen molar-refractivity contribution in [1.29, 1.82) is 0 Å². The lowest BCUT2D eigenvalue weighted by molar-refractivity contribution is 0.322. The Morgan fingerprint density at radius 3 is 2.67 bits per heavy atom. The van der Waals surface area contributed by atoms with Crippen LogP contribution in [0.3, 0.4) is 0 Å². The number of sulfonamides is 1. The third kappa shape index (κ3) is 2.56. The van der Waals surface area contributed by atoms with Crippen molar-refractivity contribution in [3.05, 3.63) is 59.8 Å². The van der Waals surface area contributed by atoms with Crippen LogP contribution in [0.2, 0.25) is 0 Å². The van der Waals surface area contributed by atoms with E-state index < -0.39 is 21.9 Å². The molecule has 0 saturated carbocycles. The van der Waals surface area contributed by atoms with Crippen molar-refractivity contribution in [1.82, 2.24) is 4.41 Å². The molecule has 0 saturated heterocycles. The summed E-state index contributed by atoms with van der Waals surface area (Å²) in [5, 5.41) is 4.09. The Morgan fingerprint density at radius 1 is 1.29 bits per heavy atom. The SMILES string of the molecule is CS(=O)(=O)N1N=C(c2ccccc2F)CC1c1ccco1. The Hall–Kier alpha value is -2.15. The first-order valence-corrected chi connectivity index (χ1v) is 8.17. The largest absolute Gasteiger partial charge is 0.467 e. The van der Waals surface area contributed by atoms with Crippen molar-refractivity contribution in [3.63, 3.8) is 0 Å². The molecule has 7 heteroatoms. The van der Waals surface area contributed by atoms with E-state index in [0.717, 1.165) is 10.7 Å². The van der Waals surface area contributed by atoms with E-state index in [-0.39, 0.29) is 6.42 Å². The monoisotopic (exact) mass is 308 g/mol. The van der Waals surface area contributed by atoms with Crippen LogP contribution in [0.25, 0.3) is 0 Å². The molecule has 5 nitrogen and oxygen atoms in total. The molecule has 1 aliphatic heterocycles. The first-order valence-electron chi connectivity index (χ1n) is 6.32. The number of nitrogens with zero attached hydrogens (tertiary/aromatic N) is 2. The number of benzene rings is 1. The highest BCUT2D eigenvalue weighted by Gasteiger charge is 2.36. The minimum absolute atomic E-state index is 0.265. The minimum Gasteiger partial charge on any atom is -0.467 e. The van der Waals surface area contributed by atoms with Crippen LogP contribution in [0.1, 0.15) is 23.8 Å². The van der Waals surface area contributed by atoms with E-state index in [0.29, 0.717) is 17.0 Å². The molecule has 1 unspecified atom stereocenters. The quantitative estimate of drug-likeness (QED) is 0.875. The number of hydrogen-bond donors (Lipinski definition) is 0. The lowest BCUT2D eigenvalue weighted by atomic mass is 10.0. The molecule has 110 valence electrons. The number of hydrazone groups is 1. The summed E-state index contributed by atoms with van der Waals surface area (Å²) in [4.78, 5) is 0. The summed E-state index contributed by atoms with van der Waals surface area (Å²) in [7, 11) is -3.57. The lowest BCUT2D eigenvalue weighted by Crippen LogP contribution is -2.25. The Labute approximate surface area is 121 Å². The smallest absolute Gasteiger partial charge is 0.247 e. The number of furan rings is 1. The highest BCUT2D eigenvalue weighted by Crippen LogP contribution is 2.35. The summed E-state index contributed by atoms with van der Waals surface area (Å²) in [6.07, 6.45) is 2.80. The molecule has 1 atom stereocenters. The molecule has 1 aromatic heterocycles. The average molecular weight is 308 g/mol. The van der Waals surface area contributed by atoms with Crippen molar-refractivity contribution in [2.45, 2.75) is 12.5 Å². The molecule has 0 bridgehead atoms. The standard InChI is InChI=1S/C14H13FN2O3S/c1-21(18,19)17-13(14-7-4-8-20-14)9-12(16-17)10-5-2-3-6-11(10)15/h2-8,13H,9H2,1H3. The molecule has 3 rings (SSSR count). The van der Waals surface area contributed by atoms with Crippen molar-refractivity contribution in [3.8, 4) is 0 Å². The van der Waals surface area contributed by atoms with Gasteiger partial charge in [0.15, 0.2) is 0 Å². The molecular formula is C14H13FN2O3S. The van der Waals surface area contributed by atoms with Crippen LogP contribution in [-0.4, -0.2) is 24.8 Å². The van der Waals surface area contributed by atoms with Gasteiger partial charge in [0.1, 0.15) is 17.6 Å². The molecule has 0 spiro atoms. The van der Waals surface area contributed by atoms with Crippen LogP contribution in [-0.2, 0) is 10.0 Å². The summed E-state index contributed by atoms with van der Waals surface area (Å²) >= 11 is 0. The van der Waals surface area contributed by atoms with Crippen molar-refractivity contribution in [2.24, 2.45) is 5.10 Å². The van der Waals surface area contributed by atoms with Crippen LogP contribution in [0.5, 0.6) is 0 Å².